The fourth-order valence-electron chi connectivity index (χ4n) is 3.58. The monoisotopic (exact) mass is 324 g/mol. The molecule has 2 heterocycles. The Morgan fingerprint density at radius 1 is 1.13 bits per heavy atom. The second-order valence-corrected chi connectivity index (χ2v) is 7.33. The number of likely N-dealkylation sites (tertiary alicyclic amines) is 2. The Labute approximate surface area is 139 Å². The van der Waals surface area contributed by atoms with Gasteiger partial charge >= 0.3 is 6.03 Å². The normalized spacial score (nSPS) is 23.2. The van der Waals surface area contributed by atoms with E-state index in [1.165, 1.54) is 0 Å². The maximum Gasteiger partial charge on any atom is 0.320 e. The van der Waals surface area contributed by atoms with E-state index >= 15 is 0 Å². The number of nitrogens with zero attached hydrogens (tertiary/aromatic N) is 2. The molecule has 0 aromatic heterocycles. The molecule has 0 radical (unpaired) electrons. The van der Waals surface area contributed by atoms with Crippen LogP contribution >= 0.6 is 0 Å². The summed E-state index contributed by atoms with van der Waals surface area (Å²) >= 11 is 0. The molecule has 23 heavy (non-hydrogen) atoms. The zero-order chi connectivity index (χ0) is 16.8. The summed E-state index contributed by atoms with van der Waals surface area (Å²) in [7, 11) is 0. The molecule has 2 aliphatic heterocycles. The predicted octanol–water partition coefficient (Wildman–Crippen LogP) is 1.40. The van der Waals surface area contributed by atoms with Crippen LogP contribution in [0.25, 0.3) is 0 Å². The topological polar surface area (TPSA) is 78.7 Å². The lowest BCUT2D eigenvalue weighted by atomic mass is 9.96. The van der Waals surface area contributed by atoms with Gasteiger partial charge in [0.05, 0.1) is 5.92 Å². The Kier molecular flexibility index (Phi) is 6.69. The largest absolute Gasteiger partial charge is 0.352 e. The van der Waals surface area contributed by atoms with Crippen molar-refractivity contribution in [2.75, 3.05) is 32.7 Å². The third-order valence-corrected chi connectivity index (χ3v) is 4.83. The molecule has 0 bridgehead atoms. The number of hydrogen-bond acceptors (Lipinski definition) is 3. The zero-order valence-electron chi connectivity index (χ0n) is 14.6. The highest BCUT2D eigenvalue weighted by molar-refractivity contribution is 5.81. The van der Waals surface area contributed by atoms with Crippen molar-refractivity contribution in [3.05, 3.63) is 0 Å². The van der Waals surface area contributed by atoms with Crippen molar-refractivity contribution in [3.63, 3.8) is 0 Å². The van der Waals surface area contributed by atoms with Gasteiger partial charge in [-0.25, -0.2) is 4.79 Å². The highest BCUT2D eigenvalue weighted by atomic mass is 16.2. The van der Waals surface area contributed by atoms with Crippen LogP contribution in [0.1, 0.15) is 46.0 Å². The van der Waals surface area contributed by atoms with Gasteiger partial charge < -0.3 is 20.9 Å². The van der Waals surface area contributed by atoms with Crippen LogP contribution in [-0.2, 0) is 4.79 Å². The van der Waals surface area contributed by atoms with Crippen LogP contribution in [0.15, 0.2) is 0 Å². The Morgan fingerprint density at radius 3 is 2.39 bits per heavy atom. The van der Waals surface area contributed by atoms with Crippen molar-refractivity contribution >= 4 is 11.9 Å². The van der Waals surface area contributed by atoms with E-state index in [1.54, 1.807) is 0 Å². The Balaban J connectivity index is 1.86. The summed E-state index contributed by atoms with van der Waals surface area (Å²) in [5.74, 6) is 0.458. The summed E-state index contributed by atoms with van der Waals surface area (Å²) in [5.41, 5.74) is 5.77. The molecule has 6 nitrogen and oxygen atoms in total. The molecule has 2 atom stereocenters. The summed E-state index contributed by atoms with van der Waals surface area (Å²) in [6.07, 6.45) is 4.84. The first kappa shape index (κ1) is 18.0. The number of nitrogens with two attached hydrogens (primary N) is 1. The highest BCUT2D eigenvalue weighted by Gasteiger charge is 2.32. The molecule has 3 amide bonds. The van der Waals surface area contributed by atoms with E-state index < -0.39 is 0 Å². The second-order valence-electron chi connectivity index (χ2n) is 7.33. The van der Waals surface area contributed by atoms with Crippen LogP contribution < -0.4 is 11.1 Å². The lowest BCUT2D eigenvalue weighted by Gasteiger charge is -2.35. The van der Waals surface area contributed by atoms with E-state index in [-0.39, 0.29) is 23.9 Å². The van der Waals surface area contributed by atoms with E-state index in [9.17, 15) is 9.59 Å². The van der Waals surface area contributed by atoms with Gasteiger partial charge in [0.25, 0.3) is 0 Å². The number of carbonyl (C=O) groups excluding carboxylic acids is 2. The van der Waals surface area contributed by atoms with E-state index in [2.05, 4.69) is 19.2 Å². The lowest BCUT2D eigenvalue weighted by Crippen LogP contribution is -2.51. The number of urea groups is 1. The molecular weight excluding hydrogens is 292 g/mol. The minimum Gasteiger partial charge on any atom is -0.352 e. The fraction of sp³-hybridized carbons (Fsp3) is 0.882. The summed E-state index contributed by atoms with van der Waals surface area (Å²) < 4.78 is 0. The van der Waals surface area contributed by atoms with Crippen molar-refractivity contribution in [2.45, 2.75) is 52.0 Å². The smallest absolute Gasteiger partial charge is 0.320 e. The standard InChI is InChI=1S/C17H32N4O2/c1-13(2)10-15(11-18)19-16(22)14-6-5-9-21(12-14)17(23)20-7-3-4-8-20/h13-15H,3-12,18H2,1-2H3,(H,19,22). The molecule has 0 aromatic rings. The molecular formula is C17H32N4O2. The molecule has 0 aliphatic carbocycles. The number of hydrogen-bond donors (Lipinski definition) is 2. The van der Waals surface area contributed by atoms with Crippen LogP contribution in [0.3, 0.4) is 0 Å². The second kappa shape index (κ2) is 8.52. The fourth-order valence-corrected chi connectivity index (χ4v) is 3.58. The minimum atomic E-state index is -0.100. The third kappa shape index (κ3) is 5.09. The highest BCUT2D eigenvalue weighted by Crippen LogP contribution is 2.20. The van der Waals surface area contributed by atoms with Gasteiger partial charge in [0.1, 0.15) is 0 Å². The molecule has 132 valence electrons. The summed E-state index contributed by atoms with van der Waals surface area (Å²) in [5, 5.41) is 3.08. The Bertz CT molecular complexity index is 407. The molecule has 0 spiro atoms. The first-order valence-electron chi connectivity index (χ1n) is 9.05. The van der Waals surface area contributed by atoms with Crippen LogP contribution in [0.4, 0.5) is 4.79 Å². The average Bonchev–Trinajstić information content (AvgIpc) is 3.07. The minimum absolute atomic E-state index is 0.0344. The number of nitrogens with one attached hydrogen (secondary N) is 1. The SMILES string of the molecule is CC(C)CC(CN)NC(=O)C1CCCN(C(=O)N2CCCC2)C1. The van der Waals surface area contributed by atoms with Crippen molar-refractivity contribution in [1.29, 1.82) is 0 Å². The summed E-state index contributed by atoms with van der Waals surface area (Å²) in [4.78, 5) is 28.8. The van der Waals surface area contributed by atoms with Crippen LogP contribution in [0.2, 0.25) is 0 Å². The maximum atomic E-state index is 12.5. The number of carbonyl (C=O) groups is 2. The summed E-state index contributed by atoms with van der Waals surface area (Å²) in [6, 6.07) is 0.143. The Morgan fingerprint density at radius 2 is 1.78 bits per heavy atom. The summed E-state index contributed by atoms with van der Waals surface area (Å²) in [6.45, 7) is 7.75. The third-order valence-electron chi connectivity index (χ3n) is 4.83. The van der Waals surface area contributed by atoms with Gasteiger partial charge in [0, 0.05) is 38.8 Å². The number of piperidine rings is 1. The van der Waals surface area contributed by atoms with Gasteiger partial charge in [-0.05, 0) is 38.0 Å². The average molecular weight is 324 g/mol. The van der Waals surface area contributed by atoms with Gasteiger partial charge in [-0.1, -0.05) is 13.8 Å². The number of amides is 3. The molecule has 2 unspecified atom stereocenters. The van der Waals surface area contributed by atoms with E-state index in [1.807, 2.05) is 9.80 Å². The molecule has 0 aromatic carbocycles. The molecule has 2 fully saturated rings. The maximum absolute atomic E-state index is 12.5. The molecule has 2 rings (SSSR count). The molecule has 0 saturated carbocycles. The van der Waals surface area contributed by atoms with E-state index in [0.717, 1.165) is 51.7 Å². The van der Waals surface area contributed by atoms with Crippen molar-refractivity contribution < 1.29 is 9.59 Å². The van der Waals surface area contributed by atoms with Gasteiger partial charge in [-0.15, -0.1) is 0 Å². The van der Waals surface area contributed by atoms with Gasteiger partial charge in [0.15, 0.2) is 0 Å². The van der Waals surface area contributed by atoms with Crippen molar-refractivity contribution in [2.24, 2.45) is 17.6 Å². The van der Waals surface area contributed by atoms with Crippen molar-refractivity contribution in [3.8, 4) is 0 Å². The van der Waals surface area contributed by atoms with Crippen LogP contribution in [0.5, 0.6) is 0 Å². The lowest BCUT2D eigenvalue weighted by molar-refractivity contribution is -0.127. The first-order valence-corrected chi connectivity index (χ1v) is 9.05. The molecule has 2 saturated heterocycles. The molecule has 6 heteroatoms. The number of rotatable bonds is 5. The first-order chi connectivity index (χ1) is 11.0. The quantitative estimate of drug-likeness (QED) is 0.802. The zero-order valence-corrected chi connectivity index (χ0v) is 14.6. The van der Waals surface area contributed by atoms with E-state index in [4.69, 9.17) is 5.73 Å². The van der Waals surface area contributed by atoms with Crippen molar-refractivity contribution in [1.82, 2.24) is 15.1 Å². The van der Waals surface area contributed by atoms with Crippen LogP contribution in [0, 0.1) is 11.8 Å². The molecule has 2 aliphatic rings. The van der Waals surface area contributed by atoms with Crippen LogP contribution in [-0.4, -0.2) is 60.5 Å². The van der Waals surface area contributed by atoms with Gasteiger partial charge in [-0.3, -0.25) is 4.79 Å². The predicted molar refractivity (Wildman–Crippen MR) is 90.9 cm³/mol. The Hall–Kier alpha value is -1.30. The van der Waals surface area contributed by atoms with Gasteiger partial charge in [-0.2, -0.15) is 0 Å². The van der Waals surface area contributed by atoms with E-state index in [0.29, 0.717) is 19.0 Å². The van der Waals surface area contributed by atoms with Gasteiger partial charge in [0.2, 0.25) is 5.91 Å². The molecule has 3 N–H and O–H groups in total.